The second kappa shape index (κ2) is 4.22. The molecule has 0 aromatic heterocycles. The van der Waals surface area contributed by atoms with Gasteiger partial charge in [0.2, 0.25) is 0 Å². The van der Waals surface area contributed by atoms with Crippen molar-refractivity contribution in [2.24, 2.45) is 5.92 Å². The summed E-state index contributed by atoms with van der Waals surface area (Å²) >= 11 is 6.08. The van der Waals surface area contributed by atoms with Gasteiger partial charge in [-0.05, 0) is 42.9 Å². The van der Waals surface area contributed by atoms with Crippen LogP contribution in [0.3, 0.4) is 0 Å². The monoisotopic (exact) mass is 210 g/mol. The zero-order valence-electron chi connectivity index (χ0n) is 8.42. The van der Waals surface area contributed by atoms with Crippen LogP contribution in [0.15, 0.2) is 18.2 Å². The number of halogens is 1. The molecule has 0 radical (unpaired) electrons. The van der Waals surface area contributed by atoms with Crippen LogP contribution >= 0.6 is 11.6 Å². The lowest BCUT2D eigenvalue weighted by molar-refractivity contribution is 0.300. The van der Waals surface area contributed by atoms with Crippen molar-refractivity contribution in [2.75, 3.05) is 6.61 Å². The summed E-state index contributed by atoms with van der Waals surface area (Å²) in [5, 5.41) is 0.820. The van der Waals surface area contributed by atoms with Crippen LogP contribution in [0.2, 0.25) is 5.02 Å². The Kier molecular flexibility index (Phi) is 2.97. The minimum Gasteiger partial charge on any atom is -0.493 e. The zero-order chi connectivity index (χ0) is 9.97. The van der Waals surface area contributed by atoms with Gasteiger partial charge in [0.05, 0.1) is 6.61 Å². The van der Waals surface area contributed by atoms with Gasteiger partial charge in [0.25, 0.3) is 0 Å². The van der Waals surface area contributed by atoms with Crippen molar-refractivity contribution in [3.8, 4) is 5.75 Å². The molecular formula is C12H15ClO. The first-order chi connectivity index (χ1) is 6.79. The first kappa shape index (κ1) is 9.85. The van der Waals surface area contributed by atoms with E-state index in [9.17, 15) is 0 Å². The van der Waals surface area contributed by atoms with Gasteiger partial charge in [-0.3, -0.25) is 0 Å². The molecule has 0 heterocycles. The molecule has 1 saturated carbocycles. The fraction of sp³-hybridized carbons (Fsp3) is 0.500. The molecule has 0 spiro atoms. The standard InChI is InChI=1S/C12H15ClO/c1-2-10-5-6-11(7-12(10)13)14-8-9-3-4-9/h5-7,9H,2-4,8H2,1H3. The first-order valence-electron chi connectivity index (χ1n) is 5.21. The Hall–Kier alpha value is -0.690. The second-order valence-corrected chi connectivity index (χ2v) is 4.27. The van der Waals surface area contributed by atoms with E-state index in [1.54, 1.807) is 0 Å². The van der Waals surface area contributed by atoms with E-state index in [1.807, 2.05) is 18.2 Å². The molecule has 2 heteroatoms. The van der Waals surface area contributed by atoms with Gasteiger partial charge < -0.3 is 4.74 Å². The largest absolute Gasteiger partial charge is 0.493 e. The third-order valence-electron chi connectivity index (χ3n) is 2.59. The summed E-state index contributed by atoms with van der Waals surface area (Å²) in [6.45, 7) is 2.95. The zero-order valence-corrected chi connectivity index (χ0v) is 9.18. The number of benzene rings is 1. The Balaban J connectivity index is 1.99. The Morgan fingerprint density at radius 1 is 1.43 bits per heavy atom. The van der Waals surface area contributed by atoms with Crippen LogP contribution in [0, 0.1) is 5.92 Å². The minimum absolute atomic E-state index is 0.791. The van der Waals surface area contributed by atoms with Crippen LogP contribution in [0.25, 0.3) is 0 Å². The normalized spacial score (nSPS) is 15.6. The molecule has 1 fully saturated rings. The molecule has 2 rings (SSSR count). The highest BCUT2D eigenvalue weighted by Gasteiger charge is 2.21. The number of rotatable bonds is 4. The van der Waals surface area contributed by atoms with Crippen molar-refractivity contribution in [1.82, 2.24) is 0 Å². The molecule has 1 aliphatic carbocycles. The Morgan fingerprint density at radius 2 is 2.21 bits per heavy atom. The van der Waals surface area contributed by atoms with E-state index < -0.39 is 0 Å². The lowest BCUT2D eigenvalue weighted by Gasteiger charge is -2.07. The summed E-state index contributed by atoms with van der Waals surface area (Å²) in [6, 6.07) is 5.97. The predicted molar refractivity (Wildman–Crippen MR) is 59.0 cm³/mol. The highest BCUT2D eigenvalue weighted by atomic mass is 35.5. The fourth-order valence-electron chi connectivity index (χ4n) is 1.40. The summed E-state index contributed by atoms with van der Waals surface area (Å²) in [5.74, 6) is 1.69. The summed E-state index contributed by atoms with van der Waals surface area (Å²) < 4.78 is 5.63. The van der Waals surface area contributed by atoms with Crippen LogP contribution < -0.4 is 4.74 Å². The molecule has 1 aromatic carbocycles. The topological polar surface area (TPSA) is 9.23 Å². The van der Waals surface area contributed by atoms with Crippen LogP contribution in [0.5, 0.6) is 5.75 Å². The maximum Gasteiger partial charge on any atom is 0.120 e. The molecule has 0 bridgehead atoms. The maximum absolute atomic E-state index is 6.08. The van der Waals surface area contributed by atoms with Crippen molar-refractivity contribution in [1.29, 1.82) is 0 Å². The maximum atomic E-state index is 6.08. The highest BCUT2D eigenvalue weighted by Crippen LogP contribution is 2.30. The molecule has 0 aliphatic heterocycles. The lowest BCUT2D eigenvalue weighted by atomic mass is 10.2. The van der Waals surface area contributed by atoms with E-state index in [0.717, 1.165) is 29.7 Å². The average molecular weight is 211 g/mol. The molecule has 0 atom stereocenters. The van der Waals surface area contributed by atoms with Gasteiger partial charge in [0, 0.05) is 5.02 Å². The van der Waals surface area contributed by atoms with Crippen molar-refractivity contribution in [2.45, 2.75) is 26.2 Å². The SMILES string of the molecule is CCc1ccc(OCC2CC2)cc1Cl. The molecule has 0 unspecified atom stereocenters. The molecule has 1 aliphatic rings. The van der Waals surface area contributed by atoms with Gasteiger partial charge in [-0.15, -0.1) is 0 Å². The average Bonchev–Trinajstić information content (AvgIpc) is 2.98. The number of aryl methyl sites for hydroxylation is 1. The van der Waals surface area contributed by atoms with Gasteiger partial charge in [-0.25, -0.2) is 0 Å². The summed E-state index contributed by atoms with van der Waals surface area (Å²) in [6.07, 6.45) is 3.61. The Labute approximate surface area is 90.0 Å². The van der Waals surface area contributed by atoms with Crippen molar-refractivity contribution in [3.05, 3.63) is 28.8 Å². The quantitative estimate of drug-likeness (QED) is 0.737. The van der Waals surface area contributed by atoms with E-state index in [0.29, 0.717) is 0 Å². The summed E-state index contributed by atoms with van der Waals surface area (Å²) in [4.78, 5) is 0. The van der Waals surface area contributed by atoms with Crippen LogP contribution in [-0.4, -0.2) is 6.61 Å². The van der Waals surface area contributed by atoms with Gasteiger partial charge in [-0.1, -0.05) is 24.6 Å². The van der Waals surface area contributed by atoms with E-state index in [-0.39, 0.29) is 0 Å². The Morgan fingerprint density at radius 3 is 2.79 bits per heavy atom. The number of ether oxygens (including phenoxy) is 1. The first-order valence-corrected chi connectivity index (χ1v) is 5.58. The lowest BCUT2D eigenvalue weighted by Crippen LogP contribution is -1.99. The van der Waals surface area contributed by atoms with Crippen LogP contribution in [-0.2, 0) is 6.42 Å². The number of hydrogen-bond acceptors (Lipinski definition) is 1. The van der Waals surface area contributed by atoms with Gasteiger partial charge in [0.15, 0.2) is 0 Å². The molecule has 76 valence electrons. The molecule has 14 heavy (non-hydrogen) atoms. The van der Waals surface area contributed by atoms with E-state index in [4.69, 9.17) is 16.3 Å². The molecular weight excluding hydrogens is 196 g/mol. The van der Waals surface area contributed by atoms with Crippen molar-refractivity contribution >= 4 is 11.6 Å². The Bertz CT molecular complexity index is 318. The predicted octanol–water partition coefficient (Wildman–Crippen LogP) is 3.69. The van der Waals surface area contributed by atoms with Crippen molar-refractivity contribution < 1.29 is 4.74 Å². The summed E-state index contributed by atoms with van der Waals surface area (Å²) in [7, 11) is 0. The molecule has 0 saturated heterocycles. The number of hydrogen-bond donors (Lipinski definition) is 0. The second-order valence-electron chi connectivity index (χ2n) is 3.86. The third kappa shape index (κ3) is 2.42. The molecule has 1 nitrogen and oxygen atoms in total. The molecule has 0 N–H and O–H groups in total. The van der Waals surface area contributed by atoms with Crippen molar-refractivity contribution in [3.63, 3.8) is 0 Å². The van der Waals surface area contributed by atoms with Crippen LogP contribution in [0.4, 0.5) is 0 Å². The summed E-state index contributed by atoms with van der Waals surface area (Å²) in [5.41, 5.74) is 1.19. The van der Waals surface area contributed by atoms with Gasteiger partial charge in [-0.2, -0.15) is 0 Å². The van der Waals surface area contributed by atoms with E-state index in [1.165, 1.54) is 18.4 Å². The van der Waals surface area contributed by atoms with Gasteiger partial charge >= 0.3 is 0 Å². The fourth-order valence-corrected chi connectivity index (χ4v) is 1.71. The minimum atomic E-state index is 0.791. The third-order valence-corrected chi connectivity index (χ3v) is 2.94. The molecule has 1 aromatic rings. The smallest absolute Gasteiger partial charge is 0.120 e. The van der Waals surface area contributed by atoms with Crippen LogP contribution in [0.1, 0.15) is 25.3 Å². The van der Waals surface area contributed by atoms with Gasteiger partial charge in [0.1, 0.15) is 5.75 Å². The molecule has 0 amide bonds. The van der Waals surface area contributed by atoms with E-state index in [2.05, 4.69) is 6.92 Å². The highest BCUT2D eigenvalue weighted by molar-refractivity contribution is 6.31. The van der Waals surface area contributed by atoms with E-state index >= 15 is 0 Å².